The van der Waals surface area contributed by atoms with Crippen LogP contribution in [0.3, 0.4) is 0 Å². The van der Waals surface area contributed by atoms with Gasteiger partial charge in [0.1, 0.15) is 11.9 Å². The van der Waals surface area contributed by atoms with Crippen LogP contribution in [-0.4, -0.2) is 73.5 Å². The number of hydrogen-bond acceptors (Lipinski definition) is 8. The van der Waals surface area contributed by atoms with Crippen LogP contribution in [0.1, 0.15) is 55.2 Å². The molecule has 1 amide bonds. The third-order valence-electron chi connectivity index (χ3n) is 8.71. The lowest BCUT2D eigenvalue weighted by molar-refractivity contribution is -0.181. The first-order valence-electron chi connectivity index (χ1n) is 14.2. The highest BCUT2D eigenvalue weighted by molar-refractivity contribution is 5.95. The fourth-order valence-electron chi connectivity index (χ4n) is 6.18. The summed E-state index contributed by atoms with van der Waals surface area (Å²) in [5, 5.41) is 4.41. The minimum Gasteiger partial charge on any atom is -0.474 e. The third-order valence-corrected chi connectivity index (χ3v) is 8.71. The van der Waals surface area contributed by atoms with Gasteiger partial charge in [-0.2, -0.15) is 23.3 Å². The number of fused-ring (bicyclic) bond motifs is 1. The molecular weight excluding hydrogens is 549 g/mol. The zero-order valence-electron chi connectivity index (χ0n) is 24.0. The molecule has 42 heavy (non-hydrogen) atoms. The molecule has 0 radical (unpaired) electrons. The van der Waals surface area contributed by atoms with Crippen LogP contribution >= 0.6 is 0 Å². The Morgan fingerprint density at radius 2 is 1.81 bits per heavy atom. The van der Waals surface area contributed by atoms with Crippen molar-refractivity contribution in [2.75, 3.05) is 24.5 Å². The van der Waals surface area contributed by atoms with E-state index < -0.39 is 17.6 Å². The zero-order chi connectivity index (χ0) is 30.0. The topological polar surface area (TPSA) is 115 Å². The van der Waals surface area contributed by atoms with Gasteiger partial charge in [-0.25, -0.2) is 14.6 Å². The fraction of sp³-hybridized carbons (Fsp3) is 0.552. The molecule has 3 aromatic heterocycles. The van der Waals surface area contributed by atoms with Crippen molar-refractivity contribution in [3.63, 3.8) is 0 Å². The van der Waals surface area contributed by atoms with Gasteiger partial charge in [0.05, 0.1) is 17.2 Å². The molecule has 3 unspecified atom stereocenters. The molecule has 2 aliphatic heterocycles. The van der Waals surface area contributed by atoms with Crippen LogP contribution in [0.4, 0.5) is 19.0 Å². The predicted molar refractivity (Wildman–Crippen MR) is 148 cm³/mol. The maximum absolute atomic E-state index is 13.4. The number of anilines is 1. The van der Waals surface area contributed by atoms with Crippen LogP contribution in [0.15, 0.2) is 36.8 Å². The number of rotatable bonds is 6. The molecule has 5 atom stereocenters. The van der Waals surface area contributed by atoms with E-state index in [0.717, 1.165) is 5.56 Å². The summed E-state index contributed by atoms with van der Waals surface area (Å²) in [5.41, 5.74) is 7.64. The Morgan fingerprint density at radius 3 is 2.43 bits per heavy atom. The number of carbonyl (C=O) groups is 1. The Morgan fingerprint density at radius 1 is 1.12 bits per heavy atom. The number of alkyl halides is 3. The average Bonchev–Trinajstić information content (AvgIpc) is 3.25. The molecular formula is C29H35F3N8O2. The minimum absolute atomic E-state index is 0.0189. The largest absolute Gasteiger partial charge is 0.474 e. The molecule has 6 rings (SSSR count). The second-order valence-corrected chi connectivity index (χ2v) is 12.3. The molecule has 2 saturated heterocycles. The third kappa shape index (κ3) is 5.41. The predicted octanol–water partition coefficient (Wildman–Crippen LogP) is 3.88. The summed E-state index contributed by atoms with van der Waals surface area (Å²) in [6.45, 7) is 8.70. The van der Waals surface area contributed by atoms with Crippen LogP contribution in [0.5, 0.6) is 5.88 Å². The number of halogens is 3. The van der Waals surface area contributed by atoms with Crippen molar-refractivity contribution < 1.29 is 22.7 Å². The normalized spacial score (nSPS) is 25.9. The smallest absolute Gasteiger partial charge is 0.391 e. The molecule has 1 saturated carbocycles. The summed E-state index contributed by atoms with van der Waals surface area (Å²) < 4.78 is 47.9. The number of aryl methyl sites for hydroxylation is 1. The minimum atomic E-state index is -4.20. The van der Waals surface area contributed by atoms with Crippen molar-refractivity contribution in [1.29, 1.82) is 0 Å². The van der Waals surface area contributed by atoms with E-state index in [0.29, 0.717) is 42.0 Å². The maximum Gasteiger partial charge on any atom is 0.391 e. The molecule has 10 nitrogen and oxygen atoms in total. The lowest BCUT2D eigenvalue weighted by Gasteiger charge is -2.39. The number of hydrogen-bond donors (Lipinski definition) is 1. The van der Waals surface area contributed by atoms with E-state index in [-0.39, 0.29) is 49.3 Å². The number of pyridine rings is 1. The van der Waals surface area contributed by atoms with E-state index >= 15 is 0 Å². The van der Waals surface area contributed by atoms with Crippen LogP contribution in [-0.2, 0) is 5.54 Å². The van der Waals surface area contributed by atoms with Gasteiger partial charge in [-0.3, -0.25) is 4.79 Å². The van der Waals surface area contributed by atoms with Gasteiger partial charge in [-0.05, 0) is 58.2 Å². The van der Waals surface area contributed by atoms with Crippen molar-refractivity contribution in [2.24, 2.45) is 23.5 Å². The van der Waals surface area contributed by atoms with Crippen LogP contribution in [0.25, 0.3) is 5.95 Å². The summed E-state index contributed by atoms with van der Waals surface area (Å²) in [6.07, 6.45) is 0.647. The van der Waals surface area contributed by atoms with Crippen molar-refractivity contribution in [3.05, 3.63) is 53.6 Å². The van der Waals surface area contributed by atoms with Crippen LogP contribution in [0, 0.1) is 24.7 Å². The SMILES string of the molecule is Cc1nn(-c2ncccn2)cc1C(=O)N1CC2[C@@H](C1)[C@@H]2Oc1cc(C(C)(C)N)cc(N2CCC(C(F)(F)F)CC2C)n1. The fourth-order valence-corrected chi connectivity index (χ4v) is 6.18. The van der Waals surface area contributed by atoms with Gasteiger partial charge in [0.25, 0.3) is 5.91 Å². The number of carbonyl (C=O) groups excluding carboxylic acids is 1. The lowest BCUT2D eigenvalue weighted by Crippen LogP contribution is -2.45. The highest BCUT2D eigenvalue weighted by atomic mass is 19.4. The summed E-state index contributed by atoms with van der Waals surface area (Å²) in [5.74, 6) is 0.311. The van der Waals surface area contributed by atoms with Gasteiger partial charge in [-0.1, -0.05) is 0 Å². The summed E-state index contributed by atoms with van der Waals surface area (Å²) in [7, 11) is 0. The molecule has 13 heteroatoms. The first kappa shape index (κ1) is 28.4. The molecule has 0 spiro atoms. The lowest BCUT2D eigenvalue weighted by atomic mass is 9.90. The zero-order valence-corrected chi connectivity index (χ0v) is 24.0. The summed E-state index contributed by atoms with van der Waals surface area (Å²) in [4.78, 5) is 30.2. The van der Waals surface area contributed by atoms with Gasteiger partial charge < -0.3 is 20.3 Å². The van der Waals surface area contributed by atoms with Gasteiger partial charge >= 0.3 is 6.18 Å². The Bertz CT molecular complexity index is 1460. The first-order chi connectivity index (χ1) is 19.8. The van der Waals surface area contributed by atoms with Crippen molar-refractivity contribution >= 4 is 11.7 Å². The number of nitrogens with two attached hydrogens (primary N) is 1. The number of ether oxygens (including phenoxy) is 1. The van der Waals surface area contributed by atoms with Gasteiger partial charge in [0.15, 0.2) is 0 Å². The highest BCUT2D eigenvalue weighted by Gasteiger charge is 2.59. The van der Waals surface area contributed by atoms with Gasteiger partial charge in [0, 0.05) is 67.7 Å². The molecule has 0 aromatic carbocycles. The van der Waals surface area contributed by atoms with E-state index in [1.165, 1.54) is 4.68 Å². The Labute approximate surface area is 242 Å². The van der Waals surface area contributed by atoms with E-state index in [9.17, 15) is 18.0 Å². The van der Waals surface area contributed by atoms with E-state index in [1.807, 2.05) is 35.8 Å². The maximum atomic E-state index is 13.4. The monoisotopic (exact) mass is 584 g/mol. The van der Waals surface area contributed by atoms with E-state index in [1.54, 1.807) is 38.5 Å². The van der Waals surface area contributed by atoms with Gasteiger partial charge in [-0.15, -0.1) is 0 Å². The Balaban J connectivity index is 1.13. The molecule has 5 heterocycles. The number of likely N-dealkylation sites (tertiary alicyclic amines) is 1. The molecule has 3 aliphatic rings. The molecule has 1 aliphatic carbocycles. The number of piperidine rings is 2. The second kappa shape index (κ2) is 10.2. The standard InChI is InChI=1S/C29H35F3N8O2/c1-16-10-18(29(30,31)32)6-9-39(16)23-11-19(28(3,4)33)12-24(36-23)42-25-21-13-38(14-22(21)25)26(41)20-15-40(37-17(20)2)27-34-7-5-8-35-27/h5,7-8,11-12,15-16,18,21-22,25H,6,9-10,13-14,33H2,1-4H3/t16?,18?,21-,22?,25+/m1/s1. The highest BCUT2D eigenvalue weighted by Crippen LogP contribution is 2.48. The van der Waals surface area contributed by atoms with E-state index in [2.05, 4.69) is 15.1 Å². The second-order valence-electron chi connectivity index (χ2n) is 12.3. The number of nitrogens with zero attached hydrogens (tertiary/aromatic N) is 7. The molecule has 3 fully saturated rings. The Kier molecular flexibility index (Phi) is 6.90. The summed E-state index contributed by atoms with van der Waals surface area (Å²) in [6, 6.07) is 5.05. The number of amides is 1. The van der Waals surface area contributed by atoms with Crippen molar-refractivity contribution in [3.8, 4) is 11.8 Å². The van der Waals surface area contributed by atoms with E-state index in [4.69, 9.17) is 15.5 Å². The Hall–Kier alpha value is -3.74. The average molecular weight is 585 g/mol. The molecule has 2 N–H and O–H groups in total. The first-order valence-corrected chi connectivity index (χ1v) is 14.2. The van der Waals surface area contributed by atoms with Crippen molar-refractivity contribution in [1.82, 2.24) is 29.6 Å². The molecule has 224 valence electrons. The molecule has 0 bridgehead atoms. The van der Waals surface area contributed by atoms with Crippen molar-refractivity contribution in [2.45, 2.75) is 64.4 Å². The van der Waals surface area contributed by atoms with Crippen LogP contribution < -0.4 is 15.4 Å². The number of aromatic nitrogens is 5. The summed E-state index contributed by atoms with van der Waals surface area (Å²) >= 11 is 0. The quantitative estimate of drug-likeness (QED) is 0.464. The van der Waals surface area contributed by atoms with Gasteiger partial charge in [0.2, 0.25) is 11.8 Å². The molecule has 3 aromatic rings. The van der Waals surface area contributed by atoms with Crippen LogP contribution in [0.2, 0.25) is 0 Å².